The molecular weight excluding hydrogens is 298 g/mol. The van der Waals surface area contributed by atoms with Gasteiger partial charge < -0.3 is 4.74 Å². The number of aromatic nitrogens is 1. The van der Waals surface area contributed by atoms with E-state index in [0.29, 0.717) is 6.61 Å². The number of pyridine rings is 1. The van der Waals surface area contributed by atoms with E-state index in [1.54, 1.807) is 0 Å². The molecule has 1 aromatic rings. The number of hydrogen-bond acceptors (Lipinski definition) is 2. The van der Waals surface area contributed by atoms with E-state index >= 15 is 0 Å². The predicted molar refractivity (Wildman–Crippen MR) is 98.7 cm³/mol. The molecule has 0 aliphatic heterocycles. The maximum atomic E-state index is 10.8. The standard InChI is InChI=1S/C21H34NO2/c1-3-21(23)24-19-15-11-9-7-5-4-6-8-10-13-17-22-18-14-12-16-20(22)2/h3,12,14,16,18H,1,4-11,13,15,17,19H2,2H3/q+1. The smallest absolute Gasteiger partial charge is 0.330 e. The molecule has 0 bridgehead atoms. The first kappa shape index (κ1) is 20.4. The van der Waals surface area contributed by atoms with Crippen molar-refractivity contribution in [2.45, 2.75) is 77.7 Å². The van der Waals surface area contributed by atoms with Crippen molar-refractivity contribution in [3.63, 3.8) is 0 Å². The van der Waals surface area contributed by atoms with E-state index in [0.717, 1.165) is 19.4 Å². The molecule has 0 saturated carbocycles. The van der Waals surface area contributed by atoms with Crippen molar-refractivity contribution in [1.29, 1.82) is 0 Å². The molecule has 0 N–H and O–H groups in total. The maximum absolute atomic E-state index is 10.8. The summed E-state index contributed by atoms with van der Waals surface area (Å²) in [5.74, 6) is -0.309. The summed E-state index contributed by atoms with van der Waals surface area (Å²) in [6.07, 6.45) is 16.1. The summed E-state index contributed by atoms with van der Waals surface area (Å²) in [4.78, 5) is 10.8. The van der Waals surface area contributed by atoms with Crippen LogP contribution in [0.4, 0.5) is 0 Å². The van der Waals surface area contributed by atoms with E-state index in [1.807, 2.05) is 0 Å². The van der Waals surface area contributed by atoms with Crippen LogP contribution in [0.1, 0.15) is 69.9 Å². The van der Waals surface area contributed by atoms with Crippen LogP contribution in [0.15, 0.2) is 37.1 Å². The normalized spacial score (nSPS) is 10.5. The molecular formula is C21H34NO2+. The molecule has 0 spiro atoms. The SMILES string of the molecule is C=CC(=O)OCCCCCCCCCCCC[n+]1ccccc1C. The monoisotopic (exact) mass is 332 g/mol. The van der Waals surface area contributed by atoms with Gasteiger partial charge in [0.25, 0.3) is 0 Å². The molecule has 0 saturated heterocycles. The third-order valence-corrected chi connectivity index (χ3v) is 4.37. The van der Waals surface area contributed by atoms with Gasteiger partial charge in [0.15, 0.2) is 11.9 Å². The van der Waals surface area contributed by atoms with Crippen LogP contribution in [0.2, 0.25) is 0 Å². The third-order valence-electron chi connectivity index (χ3n) is 4.37. The number of rotatable bonds is 14. The summed E-state index contributed by atoms with van der Waals surface area (Å²) in [6.45, 7) is 7.22. The molecule has 1 heterocycles. The fourth-order valence-corrected chi connectivity index (χ4v) is 2.84. The topological polar surface area (TPSA) is 30.2 Å². The Morgan fingerprint density at radius 1 is 1.00 bits per heavy atom. The molecule has 24 heavy (non-hydrogen) atoms. The van der Waals surface area contributed by atoms with Crippen molar-refractivity contribution in [3.8, 4) is 0 Å². The van der Waals surface area contributed by atoms with Gasteiger partial charge >= 0.3 is 5.97 Å². The summed E-state index contributed by atoms with van der Waals surface area (Å²) in [6, 6.07) is 6.37. The minimum Gasteiger partial charge on any atom is -0.463 e. The summed E-state index contributed by atoms with van der Waals surface area (Å²) in [5.41, 5.74) is 1.34. The molecule has 3 heteroatoms. The maximum Gasteiger partial charge on any atom is 0.330 e. The van der Waals surface area contributed by atoms with Crippen molar-refractivity contribution in [1.82, 2.24) is 0 Å². The Kier molecular flexibility index (Phi) is 11.7. The Labute approximate surface area is 147 Å². The molecule has 134 valence electrons. The molecule has 1 rings (SSSR count). The van der Waals surface area contributed by atoms with Gasteiger partial charge in [-0.1, -0.05) is 57.6 Å². The van der Waals surface area contributed by atoms with Crippen molar-refractivity contribution in [2.24, 2.45) is 0 Å². The largest absolute Gasteiger partial charge is 0.463 e. The molecule has 0 atom stereocenters. The van der Waals surface area contributed by atoms with Gasteiger partial charge in [-0.05, 0) is 12.8 Å². The lowest BCUT2D eigenvalue weighted by Gasteiger charge is -2.03. The minimum absolute atomic E-state index is 0.309. The Bertz CT molecular complexity index is 471. The van der Waals surface area contributed by atoms with Gasteiger partial charge in [0.05, 0.1) is 6.61 Å². The quantitative estimate of drug-likeness (QED) is 0.210. The molecule has 0 aliphatic carbocycles. The van der Waals surface area contributed by atoms with E-state index in [1.165, 1.54) is 63.1 Å². The Morgan fingerprint density at radius 3 is 2.17 bits per heavy atom. The molecule has 0 radical (unpaired) electrons. The fourth-order valence-electron chi connectivity index (χ4n) is 2.84. The van der Waals surface area contributed by atoms with Crippen LogP contribution < -0.4 is 4.57 Å². The Balaban J connectivity index is 1.82. The number of carbonyl (C=O) groups is 1. The molecule has 0 unspecified atom stereocenters. The lowest BCUT2D eigenvalue weighted by molar-refractivity contribution is -0.703. The molecule has 0 amide bonds. The van der Waals surface area contributed by atoms with Gasteiger partial charge in [-0.15, -0.1) is 0 Å². The molecule has 0 fully saturated rings. The van der Waals surface area contributed by atoms with Crippen LogP contribution in [-0.4, -0.2) is 12.6 Å². The van der Waals surface area contributed by atoms with E-state index < -0.39 is 0 Å². The van der Waals surface area contributed by atoms with Crippen molar-refractivity contribution in [3.05, 3.63) is 42.7 Å². The molecule has 0 aliphatic rings. The number of unbranched alkanes of at least 4 members (excludes halogenated alkanes) is 9. The molecule has 0 aromatic carbocycles. The summed E-state index contributed by atoms with van der Waals surface area (Å²) in [7, 11) is 0. The van der Waals surface area contributed by atoms with Crippen molar-refractivity contribution in [2.75, 3.05) is 6.61 Å². The lowest BCUT2D eigenvalue weighted by atomic mass is 10.1. The fraction of sp³-hybridized carbons (Fsp3) is 0.619. The van der Waals surface area contributed by atoms with E-state index in [9.17, 15) is 4.79 Å². The van der Waals surface area contributed by atoms with Crippen LogP contribution in [0.5, 0.6) is 0 Å². The van der Waals surface area contributed by atoms with Gasteiger partial charge in [0.1, 0.15) is 6.54 Å². The van der Waals surface area contributed by atoms with Gasteiger partial charge in [-0.2, -0.15) is 0 Å². The van der Waals surface area contributed by atoms with Crippen LogP contribution in [0, 0.1) is 6.92 Å². The highest BCUT2D eigenvalue weighted by molar-refractivity contribution is 5.81. The molecule has 3 nitrogen and oxygen atoms in total. The second-order valence-corrected chi connectivity index (χ2v) is 6.44. The highest BCUT2D eigenvalue weighted by Gasteiger charge is 2.03. The summed E-state index contributed by atoms with van der Waals surface area (Å²) in [5, 5.41) is 0. The number of aryl methyl sites for hydroxylation is 2. The lowest BCUT2D eigenvalue weighted by Crippen LogP contribution is -2.36. The zero-order valence-electron chi connectivity index (χ0n) is 15.3. The second kappa shape index (κ2) is 13.8. The Morgan fingerprint density at radius 2 is 1.58 bits per heavy atom. The number of ether oxygens (including phenoxy) is 1. The van der Waals surface area contributed by atoms with Crippen LogP contribution >= 0.6 is 0 Å². The first-order chi connectivity index (χ1) is 11.7. The van der Waals surface area contributed by atoms with Crippen LogP contribution in [0.25, 0.3) is 0 Å². The number of nitrogens with zero attached hydrogens (tertiary/aromatic N) is 1. The number of hydrogen-bond donors (Lipinski definition) is 0. The van der Waals surface area contributed by atoms with Crippen LogP contribution in [0.3, 0.4) is 0 Å². The van der Waals surface area contributed by atoms with Gasteiger partial charge in [0, 0.05) is 31.6 Å². The second-order valence-electron chi connectivity index (χ2n) is 6.44. The van der Waals surface area contributed by atoms with E-state index in [4.69, 9.17) is 4.74 Å². The van der Waals surface area contributed by atoms with Crippen molar-refractivity contribution >= 4 is 5.97 Å². The highest BCUT2D eigenvalue weighted by Crippen LogP contribution is 2.10. The zero-order chi connectivity index (χ0) is 17.5. The first-order valence-corrected chi connectivity index (χ1v) is 9.48. The highest BCUT2D eigenvalue weighted by atomic mass is 16.5. The summed E-state index contributed by atoms with van der Waals surface area (Å²) < 4.78 is 7.29. The first-order valence-electron chi connectivity index (χ1n) is 9.48. The molecule has 1 aromatic heterocycles. The third kappa shape index (κ3) is 10.2. The Hall–Kier alpha value is -1.64. The van der Waals surface area contributed by atoms with Gasteiger partial charge in [-0.25, -0.2) is 9.36 Å². The summed E-state index contributed by atoms with van der Waals surface area (Å²) >= 11 is 0. The average Bonchev–Trinajstić information content (AvgIpc) is 2.60. The van der Waals surface area contributed by atoms with Gasteiger partial charge in [-0.3, -0.25) is 0 Å². The number of esters is 1. The minimum atomic E-state index is -0.309. The zero-order valence-corrected chi connectivity index (χ0v) is 15.3. The van der Waals surface area contributed by atoms with E-state index in [2.05, 4.69) is 42.5 Å². The van der Waals surface area contributed by atoms with Crippen molar-refractivity contribution < 1.29 is 14.1 Å². The van der Waals surface area contributed by atoms with Gasteiger partial charge in [0.2, 0.25) is 0 Å². The van der Waals surface area contributed by atoms with Crippen LogP contribution in [-0.2, 0) is 16.1 Å². The average molecular weight is 333 g/mol. The predicted octanol–water partition coefficient (Wildman–Crippen LogP) is 4.91. The number of carbonyl (C=O) groups excluding carboxylic acids is 1. The van der Waals surface area contributed by atoms with E-state index in [-0.39, 0.29) is 5.97 Å².